The number of aryl methyl sites for hydroxylation is 1. The molecule has 0 aliphatic heterocycles. The van der Waals surface area contributed by atoms with E-state index in [1.807, 2.05) is 6.92 Å². The molecule has 0 aliphatic carbocycles. The number of hydrogen-bond donors (Lipinski definition) is 0. The molecule has 0 radical (unpaired) electrons. The highest BCUT2D eigenvalue weighted by molar-refractivity contribution is 6.37. The SMILES string of the molecule is COc1cc(Cl)c(C(=O)CCl)cc1C. The van der Waals surface area contributed by atoms with Crippen molar-refractivity contribution >= 4 is 29.0 Å². The molecule has 0 saturated heterocycles. The summed E-state index contributed by atoms with van der Waals surface area (Å²) in [5.41, 5.74) is 1.31. The first kappa shape index (κ1) is 11.3. The maximum atomic E-state index is 11.3. The van der Waals surface area contributed by atoms with Crippen LogP contribution >= 0.6 is 23.2 Å². The minimum absolute atomic E-state index is 0.0640. The first-order valence-corrected chi connectivity index (χ1v) is 4.94. The number of ether oxygens (including phenoxy) is 1. The van der Waals surface area contributed by atoms with Crippen molar-refractivity contribution in [2.45, 2.75) is 6.92 Å². The summed E-state index contributed by atoms with van der Waals surface area (Å²) in [6.07, 6.45) is 0. The van der Waals surface area contributed by atoms with Crippen molar-refractivity contribution in [3.8, 4) is 5.75 Å². The monoisotopic (exact) mass is 232 g/mol. The predicted molar refractivity (Wildman–Crippen MR) is 57.8 cm³/mol. The molecular formula is C10H10Cl2O2. The standard InChI is InChI=1S/C10H10Cl2O2/c1-6-3-7(9(13)5-11)8(12)4-10(6)14-2/h3-4H,5H2,1-2H3. The number of alkyl halides is 1. The second-order valence-corrected chi connectivity index (χ2v) is 3.53. The van der Waals surface area contributed by atoms with Gasteiger partial charge >= 0.3 is 0 Å². The Morgan fingerprint density at radius 3 is 2.64 bits per heavy atom. The van der Waals surface area contributed by atoms with Crippen molar-refractivity contribution < 1.29 is 9.53 Å². The molecule has 0 unspecified atom stereocenters. The zero-order valence-corrected chi connectivity index (χ0v) is 9.45. The molecule has 76 valence electrons. The van der Waals surface area contributed by atoms with Gasteiger partial charge in [-0.2, -0.15) is 0 Å². The van der Waals surface area contributed by atoms with Crippen molar-refractivity contribution in [2.24, 2.45) is 0 Å². The fourth-order valence-electron chi connectivity index (χ4n) is 1.17. The first-order chi connectivity index (χ1) is 6.60. The zero-order valence-electron chi connectivity index (χ0n) is 7.93. The van der Waals surface area contributed by atoms with Crippen LogP contribution in [0.2, 0.25) is 5.02 Å². The van der Waals surface area contributed by atoms with E-state index in [4.69, 9.17) is 27.9 Å². The molecule has 14 heavy (non-hydrogen) atoms. The molecule has 4 heteroatoms. The highest BCUT2D eigenvalue weighted by Gasteiger charge is 2.12. The lowest BCUT2D eigenvalue weighted by Crippen LogP contribution is -2.02. The van der Waals surface area contributed by atoms with Crippen LogP contribution in [0.3, 0.4) is 0 Å². The van der Waals surface area contributed by atoms with Crippen LogP contribution in [-0.4, -0.2) is 18.8 Å². The van der Waals surface area contributed by atoms with E-state index in [0.717, 1.165) is 5.56 Å². The molecule has 0 fully saturated rings. The Kier molecular flexibility index (Phi) is 3.78. The van der Waals surface area contributed by atoms with Gasteiger partial charge in [0, 0.05) is 5.56 Å². The zero-order chi connectivity index (χ0) is 10.7. The molecule has 0 atom stereocenters. The Labute approximate surface area is 92.8 Å². The quantitative estimate of drug-likeness (QED) is 0.592. The van der Waals surface area contributed by atoms with E-state index in [1.54, 1.807) is 19.2 Å². The van der Waals surface area contributed by atoms with Crippen LogP contribution in [-0.2, 0) is 0 Å². The van der Waals surface area contributed by atoms with Crippen molar-refractivity contribution in [3.05, 3.63) is 28.3 Å². The highest BCUT2D eigenvalue weighted by Crippen LogP contribution is 2.27. The van der Waals surface area contributed by atoms with Crippen molar-refractivity contribution in [1.82, 2.24) is 0 Å². The number of rotatable bonds is 3. The Morgan fingerprint density at radius 1 is 1.50 bits per heavy atom. The lowest BCUT2D eigenvalue weighted by Gasteiger charge is -2.08. The fraction of sp³-hybridized carbons (Fsp3) is 0.300. The lowest BCUT2D eigenvalue weighted by atomic mass is 10.1. The maximum absolute atomic E-state index is 11.3. The number of methoxy groups -OCH3 is 1. The molecule has 0 heterocycles. The van der Waals surface area contributed by atoms with Crippen molar-refractivity contribution in [3.63, 3.8) is 0 Å². The molecular weight excluding hydrogens is 223 g/mol. The van der Waals surface area contributed by atoms with Gasteiger partial charge < -0.3 is 4.74 Å². The molecule has 0 N–H and O–H groups in total. The second-order valence-electron chi connectivity index (χ2n) is 2.86. The smallest absolute Gasteiger partial charge is 0.179 e. The Morgan fingerprint density at radius 2 is 2.14 bits per heavy atom. The van der Waals surface area contributed by atoms with E-state index in [0.29, 0.717) is 16.3 Å². The summed E-state index contributed by atoms with van der Waals surface area (Å²) < 4.78 is 5.07. The summed E-state index contributed by atoms with van der Waals surface area (Å²) in [5, 5.41) is 0.373. The Balaban J connectivity index is 3.21. The summed E-state index contributed by atoms with van der Waals surface area (Å²) in [4.78, 5) is 11.3. The molecule has 1 rings (SSSR count). The van der Waals surface area contributed by atoms with Crippen LogP contribution in [0.15, 0.2) is 12.1 Å². The van der Waals surface area contributed by atoms with Crippen LogP contribution < -0.4 is 4.74 Å². The highest BCUT2D eigenvalue weighted by atomic mass is 35.5. The van der Waals surface area contributed by atoms with Gasteiger partial charge in [0.25, 0.3) is 0 Å². The third-order valence-corrected chi connectivity index (χ3v) is 2.46. The molecule has 0 aliphatic rings. The summed E-state index contributed by atoms with van der Waals surface area (Å²) >= 11 is 11.3. The van der Waals surface area contributed by atoms with E-state index in [-0.39, 0.29) is 11.7 Å². The Bertz CT molecular complexity index is 361. The summed E-state index contributed by atoms with van der Waals surface area (Å²) in [7, 11) is 1.56. The number of carbonyl (C=O) groups excluding carboxylic acids is 1. The number of hydrogen-bond acceptors (Lipinski definition) is 2. The minimum Gasteiger partial charge on any atom is -0.496 e. The normalized spacial score (nSPS) is 10.0. The lowest BCUT2D eigenvalue weighted by molar-refractivity contribution is 0.102. The van der Waals surface area contributed by atoms with E-state index >= 15 is 0 Å². The topological polar surface area (TPSA) is 26.3 Å². The molecule has 0 spiro atoms. The van der Waals surface area contributed by atoms with Gasteiger partial charge in [0.15, 0.2) is 5.78 Å². The van der Waals surface area contributed by atoms with Gasteiger partial charge in [0.1, 0.15) is 5.75 Å². The van der Waals surface area contributed by atoms with Crippen LogP contribution in [0.25, 0.3) is 0 Å². The number of benzene rings is 1. The number of ketones is 1. The van der Waals surface area contributed by atoms with Crippen LogP contribution in [0.5, 0.6) is 5.75 Å². The molecule has 1 aromatic rings. The van der Waals surface area contributed by atoms with Gasteiger partial charge in [-0.1, -0.05) is 11.6 Å². The van der Waals surface area contributed by atoms with Gasteiger partial charge in [-0.15, -0.1) is 11.6 Å². The van der Waals surface area contributed by atoms with Crippen LogP contribution in [0.1, 0.15) is 15.9 Å². The van der Waals surface area contributed by atoms with Gasteiger partial charge in [-0.25, -0.2) is 0 Å². The van der Waals surface area contributed by atoms with Gasteiger partial charge in [0.05, 0.1) is 18.0 Å². The number of carbonyl (C=O) groups is 1. The van der Waals surface area contributed by atoms with E-state index in [1.165, 1.54) is 0 Å². The third-order valence-electron chi connectivity index (χ3n) is 1.91. The molecule has 0 amide bonds. The van der Waals surface area contributed by atoms with E-state index < -0.39 is 0 Å². The number of Topliss-reactive ketones (excluding diaryl/α,β-unsaturated/α-hetero) is 1. The summed E-state index contributed by atoms with van der Waals surface area (Å²) in [6, 6.07) is 3.31. The summed E-state index contributed by atoms with van der Waals surface area (Å²) in [5.74, 6) is 0.425. The fourth-order valence-corrected chi connectivity index (χ4v) is 1.57. The molecule has 1 aromatic carbocycles. The largest absolute Gasteiger partial charge is 0.496 e. The van der Waals surface area contributed by atoms with Crippen LogP contribution in [0.4, 0.5) is 0 Å². The van der Waals surface area contributed by atoms with Crippen LogP contribution in [0, 0.1) is 6.92 Å². The van der Waals surface area contributed by atoms with Crippen molar-refractivity contribution in [1.29, 1.82) is 0 Å². The molecule has 0 bridgehead atoms. The van der Waals surface area contributed by atoms with E-state index in [2.05, 4.69) is 0 Å². The molecule has 2 nitrogen and oxygen atoms in total. The van der Waals surface area contributed by atoms with Gasteiger partial charge in [0.2, 0.25) is 0 Å². The van der Waals surface area contributed by atoms with Crippen molar-refractivity contribution in [2.75, 3.05) is 13.0 Å². The van der Waals surface area contributed by atoms with Gasteiger partial charge in [-0.05, 0) is 24.6 Å². The number of halogens is 2. The summed E-state index contributed by atoms with van der Waals surface area (Å²) in [6.45, 7) is 1.85. The second kappa shape index (κ2) is 4.67. The van der Waals surface area contributed by atoms with E-state index in [9.17, 15) is 4.79 Å². The average Bonchev–Trinajstić information content (AvgIpc) is 2.19. The Hall–Kier alpha value is -0.730. The maximum Gasteiger partial charge on any atom is 0.179 e. The first-order valence-electron chi connectivity index (χ1n) is 4.03. The molecule has 0 saturated carbocycles. The average molecular weight is 233 g/mol. The predicted octanol–water partition coefficient (Wildman–Crippen LogP) is 3.08. The van der Waals surface area contributed by atoms with Gasteiger partial charge in [-0.3, -0.25) is 4.79 Å². The minimum atomic E-state index is -0.178. The third kappa shape index (κ3) is 2.20. The molecule has 0 aromatic heterocycles.